The molecule has 18 heavy (non-hydrogen) atoms. The van der Waals surface area contributed by atoms with Gasteiger partial charge in [0.15, 0.2) is 0 Å². The molecule has 0 heterocycles. The molecule has 0 aliphatic rings. The third-order valence-electron chi connectivity index (χ3n) is 2.28. The van der Waals surface area contributed by atoms with Crippen LogP contribution in [-0.4, -0.2) is 40.3 Å². The number of carbonyl (C=O) groups excluding carboxylic acids is 1. The van der Waals surface area contributed by atoms with Gasteiger partial charge in [0.2, 0.25) is 5.91 Å². The van der Waals surface area contributed by atoms with Crippen LogP contribution in [0, 0.1) is 6.92 Å². The number of amides is 1. The minimum absolute atomic E-state index is 0.141. The zero-order chi connectivity index (χ0) is 13.5. The van der Waals surface area contributed by atoms with E-state index in [9.17, 15) is 4.79 Å². The molecule has 0 aliphatic heterocycles. The fraction of sp³-hybridized carbons (Fsp3) is 0.417. The van der Waals surface area contributed by atoms with Gasteiger partial charge in [-0.15, -0.1) is 11.8 Å². The standard InChI is InChI=1S/C12H18N2O3S/c1-8-4-9(13)2-3-11(8)14-12(17)7-18-6-10(16)5-15/h2-4,10,15-16H,5-7,13H2,1H3,(H,14,17). The minimum Gasteiger partial charge on any atom is -0.399 e. The fourth-order valence-corrected chi connectivity index (χ4v) is 2.11. The number of carbonyl (C=O) groups is 1. The first-order chi connectivity index (χ1) is 8.52. The first kappa shape index (κ1) is 14.8. The minimum atomic E-state index is -0.777. The van der Waals surface area contributed by atoms with Crippen molar-refractivity contribution < 1.29 is 15.0 Å². The SMILES string of the molecule is Cc1cc(N)ccc1NC(=O)CSCC(O)CO. The van der Waals surface area contributed by atoms with Gasteiger partial charge in [-0.25, -0.2) is 0 Å². The number of thioether (sulfide) groups is 1. The molecule has 0 fully saturated rings. The van der Waals surface area contributed by atoms with E-state index in [0.717, 1.165) is 11.3 Å². The van der Waals surface area contributed by atoms with E-state index in [2.05, 4.69) is 5.32 Å². The molecule has 0 aliphatic carbocycles. The first-order valence-electron chi connectivity index (χ1n) is 5.55. The Bertz CT molecular complexity index is 412. The van der Waals surface area contributed by atoms with E-state index in [4.69, 9.17) is 15.9 Å². The molecular weight excluding hydrogens is 252 g/mol. The molecule has 1 amide bonds. The van der Waals surface area contributed by atoms with Crippen molar-refractivity contribution in [2.24, 2.45) is 0 Å². The average Bonchev–Trinajstić information content (AvgIpc) is 2.32. The molecule has 1 atom stereocenters. The van der Waals surface area contributed by atoms with Crippen LogP contribution >= 0.6 is 11.8 Å². The second-order valence-electron chi connectivity index (χ2n) is 3.97. The van der Waals surface area contributed by atoms with Crippen molar-refractivity contribution >= 4 is 29.0 Å². The predicted octanol–water partition coefficient (Wildman–Crippen LogP) is 0.602. The van der Waals surface area contributed by atoms with Gasteiger partial charge >= 0.3 is 0 Å². The number of hydrogen-bond acceptors (Lipinski definition) is 5. The largest absolute Gasteiger partial charge is 0.399 e. The van der Waals surface area contributed by atoms with Crippen molar-refractivity contribution in [1.82, 2.24) is 0 Å². The summed E-state index contributed by atoms with van der Waals surface area (Å²) in [5, 5.41) is 20.5. The summed E-state index contributed by atoms with van der Waals surface area (Å²) in [6.07, 6.45) is -0.777. The molecule has 5 nitrogen and oxygen atoms in total. The molecule has 1 rings (SSSR count). The maximum absolute atomic E-state index is 11.6. The van der Waals surface area contributed by atoms with Crippen molar-refractivity contribution in [2.45, 2.75) is 13.0 Å². The van der Waals surface area contributed by atoms with Crippen molar-refractivity contribution in [3.8, 4) is 0 Å². The lowest BCUT2D eigenvalue weighted by Gasteiger charge is -2.10. The van der Waals surface area contributed by atoms with Crippen LogP contribution in [0.15, 0.2) is 18.2 Å². The van der Waals surface area contributed by atoms with Crippen molar-refractivity contribution in [3.63, 3.8) is 0 Å². The second kappa shape index (κ2) is 7.25. The number of aliphatic hydroxyl groups excluding tert-OH is 2. The highest BCUT2D eigenvalue weighted by Gasteiger charge is 2.07. The van der Waals surface area contributed by atoms with Gasteiger partial charge in [0, 0.05) is 17.1 Å². The van der Waals surface area contributed by atoms with E-state index < -0.39 is 6.10 Å². The number of aryl methyl sites for hydroxylation is 1. The number of anilines is 2. The number of rotatable bonds is 6. The second-order valence-corrected chi connectivity index (χ2v) is 5.00. The van der Waals surface area contributed by atoms with E-state index in [-0.39, 0.29) is 18.3 Å². The smallest absolute Gasteiger partial charge is 0.234 e. The Morgan fingerprint density at radius 2 is 2.28 bits per heavy atom. The molecular formula is C12H18N2O3S. The zero-order valence-electron chi connectivity index (χ0n) is 10.2. The zero-order valence-corrected chi connectivity index (χ0v) is 11.0. The Labute approximate surface area is 110 Å². The van der Waals surface area contributed by atoms with Crippen LogP contribution < -0.4 is 11.1 Å². The summed E-state index contributed by atoms with van der Waals surface area (Å²) in [5.74, 6) is 0.434. The predicted molar refractivity (Wildman–Crippen MR) is 74.6 cm³/mol. The van der Waals surface area contributed by atoms with Crippen molar-refractivity contribution in [2.75, 3.05) is 29.2 Å². The number of nitrogens with two attached hydrogens (primary N) is 1. The fourth-order valence-electron chi connectivity index (χ4n) is 1.35. The molecule has 0 saturated carbocycles. The molecule has 0 spiro atoms. The Hall–Kier alpha value is -1.24. The summed E-state index contributed by atoms with van der Waals surface area (Å²) in [5.41, 5.74) is 7.92. The maximum Gasteiger partial charge on any atom is 0.234 e. The van der Waals surface area contributed by atoms with Gasteiger partial charge in [0.05, 0.1) is 18.5 Å². The highest BCUT2D eigenvalue weighted by atomic mass is 32.2. The van der Waals surface area contributed by atoms with Crippen LogP contribution in [0.1, 0.15) is 5.56 Å². The topological polar surface area (TPSA) is 95.6 Å². The quantitative estimate of drug-likeness (QED) is 0.568. The summed E-state index contributed by atoms with van der Waals surface area (Å²) in [6.45, 7) is 1.58. The van der Waals surface area contributed by atoms with Gasteiger partial charge in [0.1, 0.15) is 0 Å². The molecule has 1 aromatic carbocycles. The van der Waals surface area contributed by atoms with Gasteiger partial charge < -0.3 is 21.3 Å². The lowest BCUT2D eigenvalue weighted by molar-refractivity contribution is -0.113. The normalized spacial score (nSPS) is 12.2. The van der Waals surface area contributed by atoms with E-state index in [0.29, 0.717) is 11.4 Å². The third-order valence-corrected chi connectivity index (χ3v) is 3.37. The van der Waals surface area contributed by atoms with Gasteiger partial charge in [-0.1, -0.05) is 0 Å². The summed E-state index contributed by atoms with van der Waals surface area (Å²) < 4.78 is 0. The summed E-state index contributed by atoms with van der Waals surface area (Å²) in [6, 6.07) is 5.28. The van der Waals surface area contributed by atoms with Crippen LogP contribution in [0.3, 0.4) is 0 Å². The molecule has 0 radical (unpaired) electrons. The van der Waals surface area contributed by atoms with Gasteiger partial charge in [-0.3, -0.25) is 4.79 Å². The van der Waals surface area contributed by atoms with Gasteiger partial charge in [-0.2, -0.15) is 0 Å². The van der Waals surface area contributed by atoms with Crippen LogP contribution in [0.5, 0.6) is 0 Å². The maximum atomic E-state index is 11.6. The Balaban J connectivity index is 2.40. The molecule has 6 heteroatoms. The number of benzene rings is 1. The highest BCUT2D eigenvalue weighted by Crippen LogP contribution is 2.17. The molecule has 0 saturated heterocycles. The van der Waals surface area contributed by atoms with Crippen LogP contribution in [-0.2, 0) is 4.79 Å². The molecule has 0 bridgehead atoms. The Kier molecular flexibility index (Phi) is 5.97. The van der Waals surface area contributed by atoms with Crippen molar-refractivity contribution in [1.29, 1.82) is 0 Å². The lowest BCUT2D eigenvalue weighted by atomic mass is 10.2. The van der Waals surface area contributed by atoms with Crippen LogP contribution in [0.25, 0.3) is 0 Å². The third kappa shape index (κ3) is 4.95. The number of aliphatic hydroxyl groups is 2. The van der Waals surface area contributed by atoms with E-state index >= 15 is 0 Å². The highest BCUT2D eigenvalue weighted by molar-refractivity contribution is 8.00. The van der Waals surface area contributed by atoms with E-state index in [1.54, 1.807) is 18.2 Å². The lowest BCUT2D eigenvalue weighted by Crippen LogP contribution is -2.19. The average molecular weight is 270 g/mol. The van der Waals surface area contributed by atoms with E-state index in [1.807, 2.05) is 6.92 Å². The summed E-state index contributed by atoms with van der Waals surface area (Å²) in [7, 11) is 0. The number of nitrogen functional groups attached to an aromatic ring is 1. The molecule has 100 valence electrons. The molecule has 1 unspecified atom stereocenters. The molecule has 1 aromatic rings. The van der Waals surface area contributed by atoms with E-state index in [1.165, 1.54) is 11.8 Å². The molecule has 0 aromatic heterocycles. The van der Waals surface area contributed by atoms with Crippen LogP contribution in [0.4, 0.5) is 11.4 Å². The molecule has 5 N–H and O–H groups in total. The summed E-state index contributed by atoms with van der Waals surface area (Å²) >= 11 is 1.28. The Morgan fingerprint density at radius 3 is 2.89 bits per heavy atom. The monoisotopic (exact) mass is 270 g/mol. The van der Waals surface area contributed by atoms with Gasteiger partial charge in [0.25, 0.3) is 0 Å². The number of hydrogen-bond donors (Lipinski definition) is 4. The van der Waals surface area contributed by atoms with Gasteiger partial charge in [-0.05, 0) is 30.7 Å². The first-order valence-corrected chi connectivity index (χ1v) is 6.71. The summed E-state index contributed by atoms with van der Waals surface area (Å²) in [4.78, 5) is 11.6. The Morgan fingerprint density at radius 1 is 1.56 bits per heavy atom. The number of nitrogens with one attached hydrogen (secondary N) is 1. The van der Waals surface area contributed by atoms with Crippen LogP contribution in [0.2, 0.25) is 0 Å². The van der Waals surface area contributed by atoms with Crippen molar-refractivity contribution in [3.05, 3.63) is 23.8 Å².